The lowest BCUT2D eigenvalue weighted by Gasteiger charge is -2.51. The number of benzene rings is 1. The highest BCUT2D eigenvalue weighted by Crippen LogP contribution is 2.46. The highest BCUT2D eigenvalue weighted by Gasteiger charge is 2.50. The predicted molar refractivity (Wildman–Crippen MR) is 130 cm³/mol. The van der Waals surface area contributed by atoms with Crippen LogP contribution in [0.25, 0.3) is 0 Å². The van der Waals surface area contributed by atoms with Crippen molar-refractivity contribution in [3.8, 4) is 0 Å². The second-order valence-corrected chi connectivity index (χ2v) is 10.1. The molecule has 1 fully saturated rings. The van der Waals surface area contributed by atoms with Gasteiger partial charge in [0.05, 0.1) is 11.2 Å². The number of nitrogens with one attached hydrogen (secondary N) is 2. The minimum atomic E-state index is -1.09. The van der Waals surface area contributed by atoms with Crippen LogP contribution in [0.4, 0.5) is 5.82 Å². The van der Waals surface area contributed by atoms with Crippen LogP contribution >= 0.6 is 11.6 Å². The molecular weight excluding hydrogens is 440 g/mol. The van der Waals surface area contributed by atoms with Crippen molar-refractivity contribution >= 4 is 29.2 Å². The normalized spacial score (nSPS) is 20.9. The highest BCUT2D eigenvalue weighted by molar-refractivity contribution is 6.30. The zero-order valence-corrected chi connectivity index (χ0v) is 20.6. The van der Waals surface area contributed by atoms with Gasteiger partial charge in [0.2, 0.25) is 5.91 Å². The van der Waals surface area contributed by atoms with Gasteiger partial charge < -0.3 is 20.6 Å². The monoisotopic (exact) mass is 472 g/mol. The molecule has 0 bridgehead atoms. The Bertz CT molecular complexity index is 992. The fourth-order valence-electron chi connectivity index (χ4n) is 4.38. The number of rotatable bonds is 6. The summed E-state index contributed by atoms with van der Waals surface area (Å²) in [5.74, 6) is 0.0634. The van der Waals surface area contributed by atoms with Crippen molar-refractivity contribution in [3.05, 3.63) is 58.7 Å². The molecule has 2 unspecified atom stereocenters. The number of hydrogen-bond acceptors (Lipinski definition) is 5. The summed E-state index contributed by atoms with van der Waals surface area (Å²) in [6.07, 6.45) is 1.88. The summed E-state index contributed by atoms with van der Waals surface area (Å²) in [5, 5.41) is 18.0. The number of amides is 2. The van der Waals surface area contributed by atoms with E-state index in [4.69, 9.17) is 11.6 Å². The van der Waals surface area contributed by atoms with E-state index >= 15 is 0 Å². The quantitative estimate of drug-likeness (QED) is 0.596. The van der Waals surface area contributed by atoms with Crippen LogP contribution in [0.15, 0.2) is 42.6 Å². The zero-order chi connectivity index (χ0) is 24.4. The van der Waals surface area contributed by atoms with Crippen LogP contribution in [-0.4, -0.2) is 53.0 Å². The van der Waals surface area contributed by atoms with Gasteiger partial charge in [-0.05, 0) is 42.2 Å². The van der Waals surface area contributed by atoms with Crippen molar-refractivity contribution in [2.75, 3.05) is 25.5 Å². The van der Waals surface area contributed by atoms with Gasteiger partial charge in [0.1, 0.15) is 11.9 Å². The molecule has 1 saturated heterocycles. The van der Waals surface area contributed by atoms with E-state index in [1.807, 2.05) is 39.8 Å². The van der Waals surface area contributed by atoms with Crippen LogP contribution < -0.4 is 10.6 Å². The molecule has 33 heavy (non-hydrogen) atoms. The molecule has 2 heterocycles. The first-order valence-corrected chi connectivity index (χ1v) is 11.6. The summed E-state index contributed by atoms with van der Waals surface area (Å²) in [6.45, 7) is 8.48. The maximum Gasteiger partial charge on any atom is 0.253 e. The first-order valence-electron chi connectivity index (χ1n) is 11.2. The summed E-state index contributed by atoms with van der Waals surface area (Å²) in [7, 11) is 1.75. The van der Waals surface area contributed by atoms with Crippen molar-refractivity contribution in [2.45, 2.75) is 45.8 Å². The molecular formula is C25H33ClN4O3. The Morgan fingerprint density at radius 1 is 1.15 bits per heavy atom. The van der Waals surface area contributed by atoms with Gasteiger partial charge in [-0.1, -0.05) is 51.4 Å². The topological polar surface area (TPSA) is 94.6 Å². The molecule has 7 nitrogen and oxygen atoms in total. The number of carbonyl (C=O) groups is 2. The molecule has 1 aromatic carbocycles. The Hall–Kier alpha value is -2.64. The maximum atomic E-state index is 13.5. The van der Waals surface area contributed by atoms with Crippen LogP contribution in [-0.2, 0) is 10.4 Å². The van der Waals surface area contributed by atoms with E-state index in [9.17, 15) is 14.7 Å². The molecule has 2 atom stereocenters. The maximum absolute atomic E-state index is 13.5. The van der Waals surface area contributed by atoms with Gasteiger partial charge in [-0.15, -0.1) is 0 Å². The predicted octanol–water partition coefficient (Wildman–Crippen LogP) is 3.68. The minimum absolute atomic E-state index is 0.105. The van der Waals surface area contributed by atoms with E-state index in [0.717, 1.165) is 5.56 Å². The molecule has 8 heteroatoms. The van der Waals surface area contributed by atoms with Crippen LogP contribution in [0.5, 0.6) is 0 Å². The van der Waals surface area contributed by atoms with Gasteiger partial charge in [-0.25, -0.2) is 4.98 Å². The fraction of sp³-hybridized carbons (Fsp3) is 0.480. The molecule has 2 aromatic rings. The summed E-state index contributed by atoms with van der Waals surface area (Å²) < 4.78 is 0. The fourth-order valence-corrected chi connectivity index (χ4v) is 4.51. The molecule has 3 N–H and O–H groups in total. The van der Waals surface area contributed by atoms with Gasteiger partial charge >= 0.3 is 0 Å². The number of aromatic nitrogens is 1. The Morgan fingerprint density at radius 2 is 1.82 bits per heavy atom. The Labute approximate surface area is 200 Å². The molecule has 2 amide bonds. The highest BCUT2D eigenvalue weighted by atomic mass is 35.5. The van der Waals surface area contributed by atoms with Crippen molar-refractivity contribution in [2.24, 2.45) is 11.3 Å². The molecule has 1 aliphatic rings. The standard InChI is InChI=1S/C25H33ClN4O3/c1-16(2)21(29-22(31)17-6-11-20(27-5)28-14-17)23(32)30-13-12-25(33,24(3,4)15-30)18-7-9-19(26)10-8-18/h6-11,14,16,21,33H,12-13,15H2,1-5H3,(H,27,28)(H,29,31). The lowest BCUT2D eigenvalue weighted by atomic mass is 9.66. The van der Waals surface area contributed by atoms with E-state index in [1.165, 1.54) is 6.20 Å². The number of nitrogens with zero attached hydrogens (tertiary/aromatic N) is 2. The number of anilines is 1. The summed E-state index contributed by atoms with van der Waals surface area (Å²) in [5.41, 5.74) is -0.516. The van der Waals surface area contributed by atoms with Crippen molar-refractivity contribution in [1.29, 1.82) is 0 Å². The summed E-state index contributed by atoms with van der Waals surface area (Å²) in [6, 6.07) is 9.92. The molecule has 3 rings (SSSR count). The Morgan fingerprint density at radius 3 is 2.33 bits per heavy atom. The number of halogens is 1. The smallest absolute Gasteiger partial charge is 0.253 e. The molecule has 0 aliphatic carbocycles. The molecule has 0 spiro atoms. The Kier molecular flexibility index (Phi) is 7.34. The van der Waals surface area contributed by atoms with Gasteiger partial charge in [0.25, 0.3) is 5.91 Å². The third kappa shape index (κ3) is 5.14. The number of aliphatic hydroxyl groups is 1. The van der Waals surface area contributed by atoms with Crippen molar-refractivity contribution < 1.29 is 14.7 Å². The number of carbonyl (C=O) groups excluding carboxylic acids is 2. The van der Waals surface area contributed by atoms with E-state index in [0.29, 0.717) is 35.9 Å². The molecule has 178 valence electrons. The first-order chi connectivity index (χ1) is 15.5. The van der Waals surface area contributed by atoms with Crippen LogP contribution in [0.3, 0.4) is 0 Å². The SMILES string of the molecule is CNc1ccc(C(=O)NC(C(=O)N2CCC(O)(c3ccc(Cl)cc3)C(C)(C)C2)C(C)C)cn1. The Balaban J connectivity index is 1.75. The first kappa shape index (κ1) is 25.0. The average molecular weight is 473 g/mol. The van der Waals surface area contributed by atoms with E-state index < -0.39 is 17.1 Å². The number of likely N-dealkylation sites (tertiary alicyclic amines) is 1. The second kappa shape index (κ2) is 9.69. The molecule has 0 radical (unpaired) electrons. The van der Waals surface area contributed by atoms with Crippen LogP contribution in [0.2, 0.25) is 5.02 Å². The van der Waals surface area contributed by atoms with E-state index in [2.05, 4.69) is 15.6 Å². The average Bonchev–Trinajstić information content (AvgIpc) is 2.78. The van der Waals surface area contributed by atoms with Gasteiger partial charge in [-0.2, -0.15) is 0 Å². The molecule has 0 saturated carbocycles. The largest absolute Gasteiger partial charge is 0.384 e. The minimum Gasteiger partial charge on any atom is -0.384 e. The number of piperidine rings is 1. The van der Waals surface area contributed by atoms with Gasteiger partial charge in [0.15, 0.2) is 0 Å². The summed E-state index contributed by atoms with van der Waals surface area (Å²) >= 11 is 6.02. The van der Waals surface area contributed by atoms with Crippen LogP contribution in [0.1, 0.15) is 50.0 Å². The summed E-state index contributed by atoms with van der Waals surface area (Å²) in [4.78, 5) is 32.2. The van der Waals surface area contributed by atoms with Crippen LogP contribution in [0, 0.1) is 11.3 Å². The van der Waals surface area contributed by atoms with Crippen molar-refractivity contribution in [3.63, 3.8) is 0 Å². The van der Waals surface area contributed by atoms with E-state index in [-0.39, 0.29) is 17.7 Å². The van der Waals surface area contributed by atoms with Crippen molar-refractivity contribution in [1.82, 2.24) is 15.2 Å². The lowest BCUT2D eigenvalue weighted by Crippen LogP contribution is -2.60. The lowest BCUT2D eigenvalue weighted by molar-refractivity contribution is -0.155. The number of hydrogen-bond donors (Lipinski definition) is 3. The van der Waals surface area contributed by atoms with E-state index in [1.54, 1.807) is 36.2 Å². The zero-order valence-electron chi connectivity index (χ0n) is 19.9. The second-order valence-electron chi connectivity index (χ2n) is 9.64. The third-order valence-electron chi connectivity index (χ3n) is 6.58. The van der Waals surface area contributed by atoms with Gasteiger partial charge in [-0.3, -0.25) is 9.59 Å². The molecule has 1 aromatic heterocycles. The third-order valence-corrected chi connectivity index (χ3v) is 6.84. The molecule has 1 aliphatic heterocycles. The number of pyridine rings is 1. The van der Waals surface area contributed by atoms with Gasteiger partial charge in [0, 0.05) is 36.8 Å².